The summed E-state index contributed by atoms with van der Waals surface area (Å²) in [6, 6.07) is 5.51. The normalized spacial score (nSPS) is 13.0. The monoisotopic (exact) mass is 203 g/mol. The third-order valence-electron chi connectivity index (χ3n) is 1.81. The van der Waals surface area contributed by atoms with Gasteiger partial charge >= 0.3 is 0 Å². The lowest BCUT2D eigenvalue weighted by Crippen LogP contribution is -2.08. The van der Waals surface area contributed by atoms with Gasteiger partial charge in [0, 0.05) is 10.0 Å². The molecule has 0 aliphatic carbocycles. The van der Waals surface area contributed by atoms with E-state index < -0.39 is 0 Å². The average molecular weight is 204 g/mol. The summed E-state index contributed by atoms with van der Waals surface area (Å²) in [7, 11) is 0. The predicted octanol–water partition coefficient (Wildman–Crippen LogP) is 3.06. The number of hydrogen-bond acceptors (Lipinski definition) is 1. The Kier molecular flexibility index (Phi) is 3.39. The minimum absolute atomic E-state index is 0.307. The van der Waals surface area contributed by atoms with Crippen molar-refractivity contribution in [3.63, 3.8) is 0 Å². The van der Waals surface area contributed by atoms with Crippen LogP contribution in [0.2, 0.25) is 10.0 Å². The first-order valence-electron chi connectivity index (χ1n) is 3.79. The summed E-state index contributed by atoms with van der Waals surface area (Å²) in [6.07, 6.45) is 0. The van der Waals surface area contributed by atoms with E-state index in [0.29, 0.717) is 22.5 Å². The van der Waals surface area contributed by atoms with Gasteiger partial charge in [0.2, 0.25) is 0 Å². The van der Waals surface area contributed by atoms with E-state index in [0.717, 1.165) is 5.56 Å². The quantitative estimate of drug-likeness (QED) is 0.787. The van der Waals surface area contributed by atoms with Crippen molar-refractivity contribution >= 4 is 23.2 Å². The zero-order valence-electron chi connectivity index (χ0n) is 6.85. The molecule has 1 atom stereocenters. The van der Waals surface area contributed by atoms with Crippen LogP contribution >= 0.6 is 23.2 Å². The van der Waals surface area contributed by atoms with Gasteiger partial charge in [0.25, 0.3) is 0 Å². The van der Waals surface area contributed by atoms with Gasteiger partial charge in [-0.3, -0.25) is 0 Å². The Labute approximate surface area is 82.5 Å². The van der Waals surface area contributed by atoms with Crippen molar-refractivity contribution < 1.29 is 0 Å². The maximum atomic E-state index is 5.83. The van der Waals surface area contributed by atoms with E-state index in [2.05, 4.69) is 0 Å². The zero-order valence-corrected chi connectivity index (χ0v) is 8.36. The van der Waals surface area contributed by atoms with Crippen molar-refractivity contribution in [1.82, 2.24) is 0 Å². The van der Waals surface area contributed by atoms with Crippen LogP contribution in [0.1, 0.15) is 18.4 Å². The van der Waals surface area contributed by atoms with Gasteiger partial charge in [0.15, 0.2) is 0 Å². The highest BCUT2D eigenvalue weighted by atomic mass is 35.5. The minimum Gasteiger partial charge on any atom is -0.330 e. The van der Waals surface area contributed by atoms with Gasteiger partial charge in [0.1, 0.15) is 0 Å². The van der Waals surface area contributed by atoms with E-state index in [1.165, 1.54) is 0 Å². The molecule has 1 rings (SSSR count). The number of rotatable bonds is 2. The van der Waals surface area contributed by atoms with Crippen LogP contribution in [0.5, 0.6) is 0 Å². The van der Waals surface area contributed by atoms with Crippen molar-refractivity contribution in [2.24, 2.45) is 5.73 Å². The molecule has 0 radical (unpaired) electrons. The summed E-state index contributed by atoms with van der Waals surface area (Å²) in [5.74, 6) is 0.307. The maximum Gasteiger partial charge on any atom is 0.0423 e. The Morgan fingerprint density at radius 3 is 2.17 bits per heavy atom. The Bertz CT molecular complexity index is 253. The second-order valence-corrected chi connectivity index (χ2v) is 3.71. The van der Waals surface area contributed by atoms with Gasteiger partial charge in [-0.05, 0) is 36.2 Å². The minimum atomic E-state index is 0.307. The molecule has 0 heterocycles. The van der Waals surface area contributed by atoms with E-state index in [4.69, 9.17) is 28.9 Å². The van der Waals surface area contributed by atoms with Gasteiger partial charge in [-0.25, -0.2) is 0 Å². The van der Waals surface area contributed by atoms with Crippen LogP contribution in [0, 0.1) is 0 Å². The van der Waals surface area contributed by atoms with Crippen molar-refractivity contribution in [1.29, 1.82) is 0 Å². The molecule has 1 aromatic carbocycles. The first kappa shape index (κ1) is 9.85. The highest BCUT2D eigenvalue weighted by Crippen LogP contribution is 2.23. The average Bonchev–Trinajstić information content (AvgIpc) is 2.01. The third kappa shape index (κ3) is 2.37. The van der Waals surface area contributed by atoms with Crippen LogP contribution in [-0.4, -0.2) is 6.54 Å². The zero-order chi connectivity index (χ0) is 9.14. The number of hydrogen-bond donors (Lipinski definition) is 1. The lowest BCUT2D eigenvalue weighted by molar-refractivity contribution is 0.774. The summed E-state index contributed by atoms with van der Waals surface area (Å²) in [5, 5.41) is 1.33. The van der Waals surface area contributed by atoms with E-state index in [9.17, 15) is 0 Å². The number of nitrogens with two attached hydrogens (primary N) is 1. The Morgan fingerprint density at radius 1 is 1.25 bits per heavy atom. The van der Waals surface area contributed by atoms with E-state index in [1.807, 2.05) is 19.1 Å². The standard InChI is InChI=1S/C9H11Cl2N/c1-6(5-12)7-2-8(10)4-9(11)3-7/h2-4,6H,5,12H2,1H3/t6-/m1/s1. The van der Waals surface area contributed by atoms with Crippen LogP contribution in [0.3, 0.4) is 0 Å². The summed E-state index contributed by atoms with van der Waals surface area (Å²) >= 11 is 11.7. The van der Waals surface area contributed by atoms with E-state index in [-0.39, 0.29) is 0 Å². The van der Waals surface area contributed by atoms with Gasteiger partial charge < -0.3 is 5.73 Å². The molecule has 0 amide bonds. The predicted molar refractivity (Wildman–Crippen MR) is 53.9 cm³/mol. The summed E-state index contributed by atoms with van der Waals surface area (Å²) < 4.78 is 0. The van der Waals surface area contributed by atoms with Gasteiger partial charge in [0.05, 0.1) is 0 Å². The largest absolute Gasteiger partial charge is 0.330 e. The molecule has 66 valence electrons. The van der Waals surface area contributed by atoms with Crippen molar-refractivity contribution in [3.8, 4) is 0 Å². The van der Waals surface area contributed by atoms with Crippen LogP contribution in [0.15, 0.2) is 18.2 Å². The SMILES string of the molecule is C[C@H](CN)c1cc(Cl)cc(Cl)c1. The molecule has 0 spiro atoms. The fraction of sp³-hybridized carbons (Fsp3) is 0.333. The molecule has 1 aromatic rings. The molecule has 12 heavy (non-hydrogen) atoms. The second kappa shape index (κ2) is 4.13. The molecular formula is C9H11Cl2N. The Balaban J connectivity index is 3.00. The molecule has 2 N–H and O–H groups in total. The highest BCUT2D eigenvalue weighted by molar-refractivity contribution is 6.34. The Hall–Kier alpha value is -0.240. The van der Waals surface area contributed by atoms with E-state index in [1.54, 1.807) is 6.07 Å². The summed E-state index contributed by atoms with van der Waals surface area (Å²) in [4.78, 5) is 0. The van der Waals surface area contributed by atoms with Crippen LogP contribution in [0.4, 0.5) is 0 Å². The molecule has 0 aliphatic rings. The lowest BCUT2D eigenvalue weighted by atomic mass is 10.0. The molecule has 0 aromatic heterocycles. The van der Waals surface area contributed by atoms with E-state index >= 15 is 0 Å². The highest BCUT2D eigenvalue weighted by Gasteiger charge is 2.04. The van der Waals surface area contributed by atoms with Crippen LogP contribution < -0.4 is 5.73 Å². The Morgan fingerprint density at radius 2 is 1.75 bits per heavy atom. The molecular weight excluding hydrogens is 193 g/mol. The molecule has 1 nitrogen and oxygen atoms in total. The number of benzene rings is 1. The molecule has 0 fully saturated rings. The second-order valence-electron chi connectivity index (χ2n) is 2.84. The van der Waals surface area contributed by atoms with Gasteiger partial charge in [-0.2, -0.15) is 0 Å². The van der Waals surface area contributed by atoms with Crippen LogP contribution in [-0.2, 0) is 0 Å². The smallest absolute Gasteiger partial charge is 0.0423 e. The molecule has 0 saturated carbocycles. The lowest BCUT2D eigenvalue weighted by Gasteiger charge is -2.09. The fourth-order valence-electron chi connectivity index (χ4n) is 0.996. The first-order valence-corrected chi connectivity index (χ1v) is 4.55. The molecule has 0 bridgehead atoms. The first-order chi connectivity index (χ1) is 5.63. The van der Waals surface area contributed by atoms with Gasteiger partial charge in [-0.1, -0.05) is 30.1 Å². The molecule has 0 saturated heterocycles. The van der Waals surface area contributed by atoms with Crippen LogP contribution in [0.25, 0.3) is 0 Å². The topological polar surface area (TPSA) is 26.0 Å². The van der Waals surface area contributed by atoms with Crippen molar-refractivity contribution in [2.75, 3.05) is 6.54 Å². The molecule has 3 heteroatoms. The number of halogens is 2. The maximum absolute atomic E-state index is 5.83. The third-order valence-corrected chi connectivity index (χ3v) is 2.24. The molecule has 0 unspecified atom stereocenters. The summed E-state index contributed by atoms with van der Waals surface area (Å²) in [6.45, 7) is 2.65. The van der Waals surface area contributed by atoms with Crippen molar-refractivity contribution in [3.05, 3.63) is 33.8 Å². The summed E-state index contributed by atoms with van der Waals surface area (Å²) in [5.41, 5.74) is 6.61. The van der Waals surface area contributed by atoms with Gasteiger partial charge in [-0.15, -0.1) is 0 Å². The van der Waals surface area contributed by atoms with Crippen molar-refractivity contribution in [2.45, 2.75) is 12.8 Å². The molecule has 0 aliphatic heterocycles. The fourth-order valence-corrected chi connectivity index (χ4v) is 1.54.